The van der Waals surface area contributed by atoms with Gasteiger partial charge in [0.05, 0.1) is 26.3 Å². The smallest absolute Gasteiger partial charge is 0.328 e. The molecule has 0 saturated heterocycles. The molecule has 0 heterocycles. The number of esters is 2. The third-order valence-corrected chi connectivity index (χ3v) is 8.20. The van der Waals surface area contributed by atoms with Gasteiger partial charge in [-0.15, -0.1) is 0 Å². The third kappa shape index (κ3) is 10.9. The number of methoxy groups -OCH3 is 2. The fraction of sp³-hybridized carbons (Fsp3) is 0.618. The average Bonchev–Trinajstić information content (AvgIpc) is 2.98. The summed E-state index contributed by atoms with van der Waals surface area (Å²) in [6.45, 7) is 14.8. The van der Waals surface area contributed by atoms with Crippen LogP contribution in [0.25, 0.3) is 0 Å². The largest absolute Gasteiger partial charge is 0.508 e. The highest BCUT2D eigenvalue weighted by Gasteiger charge is 2.41. The lowest BCUT2D eigenvalue weighted by molar-refractivity contribution is -0.146. The first-order valence-corrected chi connectivity index (χ1v) is 15.4. The van der Waals surface area contributed by atoms with Crippen LogP contribution in [0.5, 0.6) is 5.75 Å². The molecule has 1 aromatic rings. The minimum atomic E-state index is -1.07. The highest BCUT2D eigenvalue weighted by molar-refractivity contribution is 5.96. The minimum Gasteiger partial charge on any atom is -0.508 e. The predicted octanol–water partition coefficient (Wildman–Crippen LogP) is 2.83. The second-order valence-electron chi connectivity index (χ2n) is 13.5. The Balaban J connectivity index is 3.29. The van der Waals surface area contributed by atoms with E-state index in [0.717, 1.165) is 5.56 Å². The highest BCUT2D eigenvalue weighted by atomic mass is 16.5. The lowest BCUT2D eigenvalue weighted by atomic mass is 9.76. The molecule has 4 atom stereocenters. The van der Waals surface area contributed by atoms with E-state index in [1.54, 1.807) is 51.4 Å². The van der Waals surface area contributed by atoms with E-state index in [2.05, 4.69) is 20.7 Å². The number of hydrogen-bond donors (Lipinski definition) is 4. The molecule has 0 aromatic heterocycles. The summed E-state index contributed by atoms with van der Waals surface area (Å²) < 4.78 is 9.42. The van der Waals surface area contributed by atoms with Gasteiger partial charge in [-0.05, 0) is 49.4 Å². The average molecular weight is 647 g/mol. The van der Waals surface area contributed by atoms with Crippen LogP contribution >= 0.6 is 0 Å². The number of ether oxygens (including phenoxy) is 2. The van der Waals surface area contributed by atoms with Gasteiger partial charge in [0.25, 0.3) is 0 Å². The van der Waals surface area contributed by atoms with E-state index in [-0.39, 0.29) is 41.9 Å². The molecular weight excluding hydrogens is 592 g/mol. The number of hydrogen-bond acceptors (Lipinski definition) is 9. The topological polar surface area (TPSA) is 163 Å². The Morgan fingerprint density at radius 2 is 1.50 bits per heavy atom. The number of carbonyl (C=O) groups is 5. The van der Waals surface area contributed by atoms with Crippen molar-refractivity contribution in [2.45, 2.75) is 97.8 Å². The zero-order valence-electron chi connectivity index (χ0n) is 29.4. The SMILES string of the molecule is CNC(C(=O)NC(C(=O)N(C)[C@H](/C=C(\C)C(=O)N[C@H](CCC(=O)OC)C(=O)OC)C(C)C)C(C)(C)C)C(C)(C)c1ccc(O)cc1. The molecule has 4 N–H and O–H groups in total. The van der Waals surface area contributed by atoms with Crippen LogP contribution in [0.3, 0.4) is 0 Å². The molecule has 0 aliphatic rings. The molecular formula is C34H54N4O8. The Hall–Kier alpha value is -3.93. The molecule has 0 aliphatic heterocycles. The van der Waals surface area contributed by atoms with Crippen molar-refractivity contribution in [3.63, 3.8) is 0 Å². The van der Waals surface area contributed by atoms with Gasteiger partial charge in [-0.1, -0.05) is 66.7 Å². The van der Waals surface area contributed by atoms with E-state index in [1.807, 2.05) is 48.5 Å². The number of aromatic hydroxyl groups is 1. The van der Waals surface area contributed by atoms with E-state index in [9.17, 15) is 29.1 Å². The molecule has 46 heavy (non-hydrogen) atoms. The molecule has 0 bridgehead atoms. The van der Waals surface area contributed by atoms with Gasteiger partial charge in [0, 0.05) is 24.5 Å². The lowest BCUT2D eigenvalue weighted by Gasteiger charge is -2.40. The number of amides is 3. The summed E-state index contributed by atoms with van der Waals surface area (Å²) in [5, 5.41) is 18.4. The molecule has 12 heteroatoms. The molecule has 3 amide bonds. The van der Waals surface area contributed by atoms with E-state index in [0.29, 0.717) is 0 Å². The zero-order valence-corrected chi connectivity index (χ0v) is 29.4. The van der Waals surface area contributed by atoms with Crippen molar-refractivity contribution in [3.8, 4) is 5.75 Å². The first-order chi connectivity index (χ1) is 21.2. The summed E-state index contributed by atoms with van der Waals surface area (Å²) in [6, 6.07) is 3.42. The van der Waals surface area contributed by atoms with Crippen molar-refractivity contribution in [1.82, 2.24) is 20.9 Å². The maximum atomic E-state index is 14.1. The zero-order chi connectivity index (χ0) is 35.6. The van der Waals surface area contributed by atoms with Crippen molar-refractivity contribution in [3.05, 3.63) is 41.5 Å². The number of phenolic OH excluding ortho intramolecular Hbond substituents is 1. The van der Waals surface area contributed by atoms with Crippen LogP contribution in [0.4, 0.5) is 0 Å². The van der Waals surface area contributed by atoms with Gasteiger partial charge in [0.2, 0.25) is 17.7 Å². The van der Waals surface area contributed by atoms with Crippen molar-refractivity contribution in [2.24, 2.45) is 11.3 Å². The first kappa shape index (κ1) is 40.1. The number of nitrogens with one attached hydrogen (secondary N) is 3. The van der Waals surface area contributed by atoms with Gasteiger partial charge in [-0.3, -0.25) is 19.2 Å². The molecule has 1 rings (SSSR count). The second kappa shape index (κ2) is 17.1. The summed E-state index contributed by atoms with van der Waals surface area (Å²) in [4.78, 5) is 66.4. The standard InChI is InChI=1S/C34H54N4O8/c1-20(2)25(19-21(3)29(41)36-24(32(44)46-12)17-18-26(40)45-11)38(10)31(43)28(33(4,5)6)37-30(42)27(35-9)34(7,8)22-13-15-23(39)16-14-22/h13-16,19-20,24-25,27-28,35,39H,17-18H2,1-12H3,(H,36,41)(H,37,42)/b21-19+/t24-,25-,27?,28?/m1/s1. The molecule has 0 saturated carbocycles. The monoisotopic (exact) mass is 646 g/mol. The molecule has 2 unspecified atom stereocenters. The highest BCUT2D eigenvalue weighted by Crippen LogP contribution is 2.30. The first-order valence-electron chi connectivity index (χ1n) is 15.4. The van der Waals surface area contributed by atoms with Crippen molar-refractivity contribution in [1.29, 1.82) is 0 Å². The summed E-state index contributed by atoms with van der Waals surface area (Å²) >= 11 is 0. The second-order valence-corrected chi connectivity index (χ2v) is 13.5. The van der Waals surface area contributed by atoms with E-state index < -0.39 is 52.8 Å². The Labute approximate surface area is 273 Å². The summed E-state index contributed by atoms with van der Waals surface area (Å²) in [5.41, 5.74) is -0.287. The van der Waals surface area contributed by atoms with Crippen LogP contribution in [-0.2, 0) is 38.9 Å². The molecule has 1 aromatic carbocycles. The Kier molecular flexibility index (Phi) is 14.9. The van der Waals surface area contributed by atoms with Crippen LogP contribution in [0.2, 0.25) is 0 Å². The Morgan fingerprint density at radius 1 is 0.935 bits per heavy atom. The molecule has 0 fully saturated rings. The molecule has 0 aliphatic carbocycles. The number of phenols is 1. The number of likely N-dealkylation sites (N-methyl/N-ethyl adjacent to an activating group) is 2. The van der Waals surface area contributed by atoms with Crippen LogP contribution in [0.15, 0.2) is 35.9 Å². The van der Waals surface area contributed by atoms with E-state index >= 15 is 0 Å². The Morgan fingerprint density at radius 3 is 1.96 bits per heavy atom. The molecule has 0 spiro atoms. The third-order valence-electron chi connectivity index (χ3n) is 8.20. The minimum absolute atomic E-state index is 0.00547. The van der Waals surface area contributed by atoms with Gasteiger partial charge in [0.1, 0.15) is 17.8 Å². The van der Waals surface area contributed by atoms with Gasteiger partial charge in [-0.25, -0.2) is 4.79 Å². The maximum Gasteiger partial charge on any atom is 0.328 e. The van der Waals surface area contributed by atoms with Crippen molar-refractivity contribution in [2.75, 3.05) is 28.3 Å². The van der Waals surface area contributed by atoms with Crippen LogP contribution in [-0.4, -0.2) is 92.1 Å². The normalized spacial score (nSPS) is 14.8. The summed E-state index contributed by atoms with van der Waals surface area (Å²) in [7, 11) is 5.73. The van der Waals surface area contributed by atoms with Crippen LogP contribution in [0.1, 0.15) is 73.8 Å². The molecule has 12 nitrogen and oxygen atoms in total. The number of benzene rings is 1. The number of rotatable bonds is 15. The van der Waals surface area contributed by atoms with Crippen LogP contribution in [0, 0.1) is 11.3 Å². The van der Waals surface area contributed by atoms with Gasteiger partial charge >= 0.3 is 11.9 Å². The predicted molar refractivity (Wildman–Crippen MR) is 176 cm³/mol. The fourth-order valence-electron chi connectivity index (χ4n) is 5.21. The lowest BCUT2D eigenvalue weighted by Crippen LogP contribution is -2.61. The summed E-state index contributed by atoms with van der Waals surface area (Å²) in [5.74, 6) is -2.49. The quantitative estimate of drug-likeness (QED) is 0.166. The van der Waals surface area contributed by atoms with Crippen molar-refractivity contribution < 1.29 is 38.6 Å². The van der Waals surface area contributed by atoms with Crippen molar-refractivity contribution >= 4 is 29.7 Å². The van der Waals surface area contributed by atoms with E-state index in [4.69, 9.17) is 4.74 Å². The van der Waals surface area contributed by atoms with Crippen LogP contribution < -0.4 is 16.0 Å². The summed E-state index contributed by atoms with van der Waals surface area (Å²) in [6.07, 6.45) is 1.55. The van der Waals surface area contributed by atoms with Gasteiger partial charge in [-0.2, -0.15) is 0 Å². The number of carbonyl (C=O) groups excluding carboxylic acids is 5. The molecule has 258 valence electrons. The molecule has 0 radical (unpaired) electrons. The number of nitrogens with zero attached hydrogens (tertiary/aromatic N) is 1. The maximum absolute atomic E-state index is 14.1. The Bertz CT molecular complexity index is 1250. The fourth-order valence-corrected chi connectivity index (χ4v) is 5.21. The van der Waals surface area contributed by atoms with Gasteiger partial charge < -0.3 is 35.4 Å². The van der Waals surface area contributed by atoms with E-state index in [1.165, 1.54) is 19.1 Å². The van der Waals surface area contributed by atoms with Gasteiger partial charge in [0.15, 0.2) is 0 Å².